The van der Waals surface area contributed by atoms with E-state index in [2.05, 4.69) is 43.1 Å². The van der Waals surface area contributed by atoms with Crippen LogP contribution in [0.4, 0.5) is 5.95 Å². The molecule has 0 amide bonds. The minimum absolute atomic E-state index is 0.486. The predicted molar refractivity (Wildman–Crippen MR) is 74.1 cm³/mol. The molecule has 0 radical (unpaired) electrons. The van der Waals surface area contributed by atoms with Crippen LogP contribution in [0.5, 0.6) is 0 Å². The zero-order valence-electron chi connectivity index (χ0n) is 9.44. The molecule has 2 aromatic heterocycles. The fourth-order valence-electron chi connectivity index (χ4n) is 1.33. The first kappa shape index (κ1) is 12.0. The van der Waals surface area contributed by atoms with Crippen molar-refractivity contribution in [2.75, 3.05) is 5.43 Å². The van der Waals surface area contributed by atoms with Gasteiger partial charge in [-0.1, -0.05) is 0 Å². The first-order chi connectivity index (χ1) is 8.13. The Balaban J connectivity index is 2.04. The van der Waals surface area contributed by atoms with E-state index in [1.807, 2.05) is 32.0 Å². The zero-order chi connectivity index (χ0) is 12.3. The maximum Gasteiger partial charge on any atom is 0.243 e. The molecule has 0 saturated heterocycles. The number of hydrogen-bond donors (Lipinski definition) is 1. The Labute approximate surface area is 112 Å². The van der Waals surface area contributed by atoms with Crippen LogP contribution in [0, 0.1) is 17.6 Å². The molecule has 0 aliphatic carbocycles. The number of aryl methyl sites for hydroxylation is 2. The van der Waals surface area contributed by atoms with Crippen molar-refractivity contribution in [3.05, 3.63) is 39.1 Å². The van der Waals surface area contributed by atoms with Crippen LogP contribution in [0.25, 0.3) is 0 Å². The third-order valence-electron chi connectivity index (χ3n) is 1.93. The minimum Gasteiger partial charge on any atom is -0.449 e. The summed E-state index contributed by atoms with van der Waals surface area (Å²) in [6, 6.07) is 5.62. The van der Waals surface area contributed by atoms with E-state index in [1.54, 1.807) is 6.21 Å². The molecule has 0 unspecified atom stereocenters. The SMILES string of the molecule is Cc1cc(C)nc(N/N=C\c2ccc(I)o2)n1. The van der Waals surface area contributed by atoms with Gasteiger partial charge in [-0.2, -0.15) is 5.10 Å². The summed E-state index contributed by atoms with van der Waals surface area (Å²) in [5.41, 5.74) is 4.58. The molecule has 88 valence electrons. The highest BCUT2D eigenvalue weighted by Gasteiger charge is 1.98. The summed E-state index contributed by atoms with van der Waals surface area (Å²) in [4.78, 5) is 8.40. The van der Waals surface area contributed by atoms with Crippen molar-refractivity contribution in [1.29, 1.82) is 0 Å². The highest BCUT2D eigenvalue weighted by atomic mass is 127. The van der Waals surface area contributed by atoms with E-state index in [1.165, 1.54) is 0 Å². The van der Waals surface area contributed by atoms with E-state index >= 15 is 0 Å². The van der Waals surface area contributed by atoms with Gasteiger partial charge in [-0.3, -0.25) is 0 Å². The molecule has 5 nitrogen and oxygen atoms in total. The lowest BCUT2D eigenvalue weighted by atomic mass is 10.4. The van der Waals surface area contributed by atoms with Gasteiger partial charge in [-0.25, -0.2) is 15.4 Å². The van der Waals surface area contributed by atoms with Crippen LogP contribution in [-0.2, 0) is 0 Å². The van der Waals surface area contributed by atoms with Crippen molar-refractivity contribution in [3.63, 3.8) is 0 Å². The van der Waals surface area contributed by atoms with E-state index in [-0.39, 0.29) is 0 Å². The molecule has 0 aromatic carbocycles. The van der Waals surface area contributed by atoms with Crippen LogP contribution < -0.4 is 5.43 Å². The molecule has 2 heterocycles. The Morgan fingerprint density at radius 3 is 2.59 bits per heavy atom. The molecular weight excluding hydrogens is 331 g/mol. The van der Waals surface area contributed by atoms with Gasteiger partial charge in [0.2, 0.25) is 5.95 Å². The van der Waals surface area contributed by atoms with Crippen molar-refractivity contribution < 1.29 is 4.42 Å². The number of nitrogens with zero attached hydrogens (tertiary/aromatic N) is 3. The monoisotopic (exact) mass is 342 g/mol. The molecule has 17 heavy (non-hydrogen) atoms. The number of aromatic nitrogens is 2. The lowest BCUT2D eigenvalue weighted by Crippen LogP contribution is -1.99. The number of hydrazone groups is 1. The van der Waals surface area contributed by atoms with Gasteiger partial charge in [-0.05, 0) is 54.6 Å². The Morgan fingerprint density at radius 1 is 1.29 bits per heavy atom. The summed E-state index contributed by atoms with van der Waals surface area (Å²) >= 11 is 2.10. The Morgan fingerprint density at radius 2 is 2.00 bits per heavy atom. The Bertz CT molecular complexity index is 530. The van der Waals surface area contributed by atoms with Crippen molar-refractivity contribution in [2.45, 2.75) is 13.8 Å². The van der Waals surface area contributed by atoms with Crippen molar-refractivity contribution >= 4 is 34.8 Å². The second kappa shape index (κ2) is 5.26. The van der Waals surface area contributed by atoms with Gasteiger partial charge in [0.15, 0.2) is 3.77 Å². The normalized spacial score (nSPS) is 11.0. The zero-order valence-corrected chi connectivity index (χ0v) is 11.6. The molecule has 0 spiro atoms. The summed E-state index contributed by atoms with van der Waals surface area (Å²) in [7, 11) is 0. The van der Waals surface area contributed by atoms with E-state index < -0.39 is 0 Å². The second-order valence-corrected chi connectivity index (χ2v) is 4.55. The van der Waals surface area contributed by atoms with E-state index in [9.17, 15) is 0 Å². The summed E-state index contributed by atoms with van der Waals surface area (Å²) in [6.45, 7) is 3.83. The number of furan rings is 1. The van der Waals surface area contributed by atoms with Crippen LogP contribution in [0.15, 0.2) is 27.7 Å². The van der Waals surface area contributed by atoms with Gasteiger partial charge >= 0.3 is 0 Å². The first-order valence-corrected chi connectivity index (χ1v) is 6.08. The minimum atomic E-state index is 0.486. The topological polar surface area (TPSA) is 63.3 Å². The molecule has 0 saturated carbocycles. The van der Waals surface area contributed by atoms with Crippen molar-refractivity contribution in [3.8, 4) is 0 Å². The van der Waals surface area contributed by atoms with Crippen LogP contribution >= 0.6 is 22.6 Å². The smallest absolute Gasteiger partial charge is 0.243 e. The fourth-order valence-corrected chi connectivity index (χ4v) is 1.76. The summed E-state index contributed by atoms with van der Waals surface area (Å²) in [5.74, 6) is 1.17. The standard InChI is InChI=1S/C11H11IN4O/c1-7-5-8(2)15-11(14-7)16-13-6-9-3-4-10(12)17-9/h3-6H,1-2H3,(H,14,15,16)/b13-6-. The average Bonchev–Trinajstić information content (AvgIpc) is 2.63. The van der Waals surface area contributed by atoms with Crippen LogP contribution in [-0.4, -0.2) is 16.2 Å². The number of halogens is 1. The maximum atomic E-state index is 5.33. The predicted octanol–water partition coefficient (Wildman–Crippen LogP) is 2.74. The van der Waals surface area contributed by atoms with E-state index in [0.717, 1.165) is 15.2 Å². The molecule has 0 fully saturated rings. The van der Waals surface area contributed by atoms with Crippen LogP contribution in [0.2, 0.25) is 0 Å². The largest absolute Gasteiger partial charge is 0.449 e. The fraction of sp³-hybridized carbons (Fsp3) is 0.182. The maximum absolute atomic E-state index is 5.33. The molecule has 0 bridgehead atoms. The molecule has 2 rings (SSSR count). The van der Waals surface area contributed by atoms with Crippen molar-refractivity contribution in [2.24, 2.45) is 5.10 Å². The van der Waals surface area contributed by atoms with Gasteiger partial charge in [0.05, 0.1) is 6.21 Å². The van der Waals surface area contributed by atoms with Gasteiger partial charge in [0.1, 0.15) is 5.76 Å². The van der Waals surface area contributed by atoms with Gasteiger partial charge in [-0.15, -0.1) is 0 Å². The number of rotatable bonds is 3. The average molecular weight is 342 g/mol. The van der Waals surface area contributed by atoms with E-state index in [0.29, 0.717) is 11.7 Å². The van der Waals surface area contributed by atoms with Crippen LogP contribution in [0.3, 0.4) is 0 Å². The van der Waals surface area contributed by atoms with Gasteiger partial charge in [0.25, 0.3) is 0 Å². The van der Waals surface area contributed by atoms with Gasteiger partial charge in [0, 0.05) is 11.4 Å². The molecule has 2 aromatic rings. The quantitative estimate of drug-likeness (QED) is 0.529. The summed E-state index contributed by atoms with van der Waals surface area (Å²) in [6.07, 6.45) is 1.59. The third-order valence-corrected chi connectivity index (χ3v) is 2.51. The number of anilines is 1. The molecule has 0 atom stereocenters. The lowest BCUT2D eigenvalue weighted by molar-refractivity contribution is 0.531. The van der Waals surface area contributed by atoms with E-state index in [4.69, 9.17) is 4.42 Å². The third kappa shape index (κ3) is 3.52. The van der Waals surface area contributed by atoms with Crippen molar-refractivity contribution in [1.82, 2.24) is 9.97 Å². The highest BCUT2D eigenvalue weighted by molar-refractivity contribution is 14.1. The van der Waals surface area contributed by atoms with Crippen LogP contribution in [0.1, 0.15) is 17.1 Å². The number of hydrogen-bond acceptors (Lipinski definition) is 5. The number of nitrogens with one attached hydrogen (secondary N) is 1. The Hall–Kier alpha value is -1.44. The molecule has 1 N–H and O–H groups in total. The lowest BCUT2D eigenvalue weighted by Gasteiger charge is -2.00. The Kier molecular flexibility index (Phi) is 3.72. The summed E-state index contributed by atoms with van der Waals surface area (Å²) < 4.78 is 6.15. The highest BCUT2D eigenvalue weighted by Crippen LogP contribution is 2.08. The first-order valence-electron chi connectivity index (χ1n) is 5.00. The summed E-state index contributed by atoms with van der Waals surface area (Å²) in [5, 5.41) is 4.01. The molecular formula is C11H11IN4O. The molecule has 6 heteroatoms. The molecule has 0 aliphatic rings. The second-order valence-electron chi connectivity index (χ2n) is 3.49. The molecule has 0 aliphatic heterocycles. The van der Waals surface area contributed by atoms with Gasteiger partial charge < -0.3 is 4.42 Å².